The van der Waals surface area contributed by atoms with E-state index in [1.54, 1.807) is 13.1 Å². The monoisotopic (exact) mass is 399 g/mol. The molecule has 1 aromatic carbocycles. The Kier molecular flexibility index (Phi) is 6.05. The molecule has 9 heteroatoms. The van der Waals surface area contributed by atoms with Gasteiger partial charge in [-0.2, -0.15) is 0 Å². The molecule has 3 aromatic rings. The van der Waals surface area contributed by atoms with Crippen LogP contribution in [-0.4, -0.2) is 32.6 Å². The highest BCUT2D eigenvalue weighted by Crippen LogP contribution is 2.31. The van der Waals surface area contributed by atoms with Crippen LogP contribution in [0.25, 0.3) is 10.7 Å². The third-order valence-electron chi connectivity index (χ3n) is 3.99. The van der Waals surface area contributed by atoms with Gasteiger partial charge < -0.3 is 19.9 Å². The number of alkyl carbamates (subject to hydrolysis) is 1. The highest BCUT2D eigenvalue weighted by atomic mass is 32.1. The second-order valence-electron chi connectivity index (χ2n) is 6.21. The number of hydrogen-bond acceptors (Lipinski definition) is 6. The number of amides is 2. The number of carbonyl (C=O) groups excluding carboxylic acids is 2. The number of thiazole rings is 1. The van der Waals surface area contributed by atoms with Crippen molar-refractivity contribution in [2.75, 3.05) is 5.32 Å². The van der Waals surface area contributed by atoms with Crippen LogP contribution in [0.15, 0.2) is 42.7 Å². The lowest BCUT2D eigenvalue weighted by atomic mass is 10.2. The summed E-state index contributed by atoms with van der Waals surface area (Å²) in [5.74, 6) is 0.406. The van der Waals surface area contributed by atoms with E-state index < -0.39 is 12.1 Å². The maximum Gasteiger partial charge on any atom is 0.408 e. The van der Waals surface area contributed by atoms with Crippen molar-refractivity contribution in [1.82, 2.24) is 19.9 Å². The minimum Gasteiger partial charge on any atom is -0.445 e. The molecule has 0 aliphatic rings. The van der Waals surface area contributed by atoms with Crippen LogP contribution in [0, 0.1) is 6.92 Å². The molecule has 0 unspecified atom stereocenters. The first-order valence-electron chi connectivity index (χ1n) is 8.67. The number of hydrogen-bond donors (Lipinski definition) is 2. The van der Waals surface area contributed by atoms with Gasteiger partial charge in [0.05, 0.1) is 10.6 Å². The fraction of sp³-hybridized carbons (Fsp3) is 0.263. The van der Waals surface area contributed by atoms with E-state index in [4.69, 9.17) is 4.74 Å². The Labute approximate surface area is 166 Å². The first-order valence-corrected chi connectivity index (χ1v) is 9.49. The molecule has 146 valence electrons. The third kappa shape index (κ3) is 4.74. The molecule has 0 aliphatic carbocycles. The minimum absolute atomic E-state index is 0.139. The van der Waals surface area contributed by atoms with Gasteiger partial charge >= 0.3 is 6.09 Å². The average Bonchev–Trinajstić information content (AvgIpc) is 3.25. The van der Waals surface area contributed by atoms with Crippen LogP contribution in [-0.2, 0) is 23.2 Å². The van der Waals surface area contributed by atoms with Crippen molar-refractivity contribution in [1.29, 1.82) is 0 Å². The molecule has 0 saturated heterocycles. The first kappa shape index (κ1) is 19.6. The Hall–Kier alpha value is -3.20. The highest BCUT2D eigenvalue weighted by Gasteiger charge is 2.20. The predicted molar refractivity (Wildman–Crippen MR) is 107 cm³/mol. The quantitative estimate of drug-likeness (QED) is 0.664. The summed E-state index contributed by atoms with van der Waals surface area (Å²) in [6, 6.07) is 8.55. The molecule has 8 nitrogen and oxygen atoms in total. The van der Waals surface area contributed by atoms with Crippen LogP contribution in [0.2, 0.25) is 0 Å². The second kappa shape index (κ2) is 8.66. The second-order valence-corrected chi connectivity index (χ2v) is 7.21. The van der Waals surface area contributed by atoms with E-state index in [1.165, 1.54) is 11.3 Å². The molecular weight excluding hydrogens is 378 g/mol. The van der Waals surface area contributed by atoms with Crippen LogP contribution >= 0.6 is 11.3 Å². The summed E-state index contributed by atoms with van der Waals surface area (Å²) in [6.07, 6.45) is 2.90. The number of aryl methyl sites for hydroxylation is 2. The largest absolute Gasteiger partial charge is 0.445 e. The van der Waals surface area contributed by atoms with Gasteiger partial charge in [0, 0.05) is 19.4 Å². The summed E-state index contributed by atoms with van der Waals surface area (Å²) in [7, 11) is 1.90. The number of aromatic nitrogens is 3. The number of nitrogens with one attached hydrogen (secondary N) is 2. The third-order valence-corrected chi connectivity index (χ3v) is 5.06. The summed E-state index contributed by atoms with van der Waals surface area (Å²) in [5.41, 5.74) is 1.65. The zero-order chi connectivity index (χ0) is 20.1. The molecular formula is C19H21N5O3S. The van der Waals surface area contributed by atoms with E-state index in [0.717, 1.165) is 22.0 Å². The van der Waals surface area contributed by atoms with Gasteiger partial charge in [-0.3, -0.25) is 4.79 Å². The standard InChI is InChI=1S/C19H21N5O3S/c1-12-15(16-20-9-10-24(16)3)28-18(21-12)23-17(25)13(2)22-19(26)27-11-14-7-5-4-6-8-14/h4-10,13H,11H2,1-3H3,(H,22,26)(H,21,23,25)/t13-/m1/s1. The van der Waals surface area contributed by atoms with E-state index in [-0.39, 0.29) is 12.5 Å². The lowest BCUT2D eigenvalue weighted by molar-refractivity contribution is -0.117. The smallest absolute Gasteiger partial charge is 0.408 e. The number of imidazole rings is 1. The van der Waals surface area contributed by atoms with Gasteiger partial charge in [-0.1, -0.05) is 41.7 Å². The zero-order valence-corrected chi connectivity index (χ0v) is 16.6. The zero-order valence-electron chi connectivity index (χ0n) is 15.8. The molecule has 0 aliphatic heterocycles. The SMILES string of the molecule is Cc1nc(NC(=O)[C@@H](C)NC(=O)OCc2ccccc2)sc1-c1nccn1C. The summed E-state index contributed by atoms with van der Waals surface area (Å²) in [4.78, 5) is 33.8. The topological polar surface area (TPSA) is 98.1 Å². The van der Waals surface area contributed by atoms with Gasteiger partial charge in [0.1, 0.15) is 12.6 Å². The molecule has 0 bridgehead atoms. The van der Waals surface area contributed by atoms with Gasteiger partial charge in [-0.05, 0) is 19.4 Å². The van der Waals surface area contributed by atoms with Gasteiger partial charge in [0.2, 0.25) is 5.91 Å². The molecule has 2 heterocycles. The Morgan fingerprint density at radius 1 is 1.29 bits per heavy atom. The van der Waals surface area contributed by atoms with E-state index in [0.29, 0.717) is 5.13 Å². The maximum atomic E-state index is 12.4. The Morgan fingerprint density at radius 3 is 2.71 bits per heavy atom. The van der Waals surface area contributed by atoms with Crippen molar-refractivity contribution in [2.24, 2.45) is 7.05 Å². The molecule has 2 aromatic heterocycles. The van der Waals surface area contributed by atoms with Crippen molar-refractivity contribution >= 4 is 28.5 Å². The van der Waals surface area contributed by atoms with Crippen molar-refractivity contribution < 1.29 is 14.3 Å². The number of anilines is 1. The van der Waals surface area contributed by atoms with Gasteiger partial charge in [0.15, 0.2) is 11.0 Å². The fourth-order valence-electron chi connectivity index (χ4n) is 2.46. The number of carbonyl (C=O) groups is 2. The van der Waals surface area contributed by atoms with E-state index in [2.05, 4.69) is 20.6 Å². The van der Waals surface area contributed by atoms with Crippen LogP contribution < -0.4 is 10.6 Å². The van der Waals surface area contributed by atoms with E-state index in [9.17, 15) is 9.59 Å². The van der Waals surface area contributed by atoms with Crippen molar-refractivity contribution in [2.45, 2.75) is 26.5 Å². The van der Waals surface area contributed by atoms with Gasteiger partial charge in [-0.25, -0.2) is 14.8 Å². The van der Waals surface area contributed by atoms with Crippen molar-refractivity contribution in [3.63, 3.8) is 0 Å². The molecule has 2 amide bonds. The molecule has 0 spiro atoms. The number of ether oxygens (including phenoxy) is 1. The summed E-state index contributed by atoms with van der Waals surface area (Å²) in [5, 5.41) is 5.69. The van der Waals surface area contributed by atoms with E-state index >= 15 is 0 Å². The lowest BCUT2D eigenvalue weighted by Crippen LogP contribution is -2.41. The maximum absolute atomic E-state index is 12.4. The van der Waals surface area contributed by atoms with Crippen molar-refractivity contribution in [3.8, 4) is 10.7 Å². The summed E-state index contributed by atoms with van der Waals surface area (Å²) in [6.45, 7) is 3.58. The van der Waals surface area contributed by atoms with Crippen LogP contribution in [0.1, 0.15) is 18.2 Å². The normalized spacial score (nSPS) is 11.7. The molecule has 0 fully saturated rings. The molecule has 3 rings (SSSR count). The Morgan fingerprint density at radius 2 is 2.04 bits per heavy atom. The number of rotatable bonds is 6. The average molecular weight is 399 g/mol. The van der Waals surface area contributed by atoms with Crippen LogP contribution in [0.3, 0.4) is 0 Å². The highest BCUT2D eigenvalue weighted by molar-refractivity contribution is 7.19. The van der Waals surface area contributed by atoms with Crippen LogP contribution in [0.5, 0.6) is 0 Å². The van der Waals surface area contributed by atoms with Gasteiger partial charge in [0.25, 0.3) is 0 Å². The van der Waals surface area contributed by atoms with Crippen LogP contribution in [0.4, 0.5) is 9.93 Å². The number of nitrogens with zero attached hydrogens (tertiary/aromatic N) is 3. The summed E-state index contributed by atoms with van der Waals surface area (Å²) >= 11 is 1.33. The molecule has 2 N–H and O–H groups in total. The summed E-state index contributed by atoms with van der Waals surface area (Å²) < 4.78 is 7.02. The predicted octanol–water partition coefficient (Wildman–Crippen LogP) is 3.11. The van der Waals surface area contributed by atoms with E-state index in [1.807, 2.05) is 55.1 Å². The Balaban J connectivity index is 1.54. The fourth-order valence-corrected chi connectivity index (χ4v) is 3.47. The molecule has 0 saturated carbocycles. The molecule has 28 heavy (non-hydrogen) atoms. The first-order chi connectivity index (χ1) is 13.4. The minimum atomic E-state index is -0.774. The number of benzene rings is 1. The lowest BCUT2D eigenvalue weighted by Gasteiger charge is -2.13. The molecule has 1 atom stereocenters. The Bertz CT molecular complexity index is 967. The molecule has 0 radical (unpaired) electrons. The van der Waals surface area contributed by atoms with Gasteiger partial charge in [-0.15, -0.1) is 0 Å². The van der Waals surface area contributed by atoms with Crippen molar-refractivity contribution in [3.05, 3.63) is 54.0 Å².